The first-order chi connectivity index (χ1) is 17.8. The maximum Gasteiger partial charge on any atom is 0.282 e. The van der Waals surface area contributed by atoms with E-state index in [4.69, 9.17) is 14.5 Å². The van der Waals surface area contributed by atoms with Crippen molar-refractivity contribution in [3.05, 3.63) is 96.7 Å². The zero-order chi connectivity index (χ0) is 26.5. The molecule has 1 atom stereocenters. The molecule has 0 unspecified atom stereocenters. The van der Waals surface area contributed by atoms with Crippen molar-refractivity contribution < 1.29 is 13.9 Å². The molecule has 6 nitrogen and oxygen atoms in total. The van der Waals surface area contributed by atoms with Gasteiger partial charge in [-0.05, 0) is 71.2 Å². The van der Waals surface area contributed by atoms with E-state index in [1.54, 1.807) is 36.5 Å². The Kier molecular flexibility index (Phi) is 8.76. The van der Waals surface area contributed by atoms with Gasteiger partial charge in [0.05, 0.1) is 28.2 Å². The quantitative estimate of drug-likeness (QED) is 0.180. The van der Waals surface area contributed by atoms with Crippen LogP contribution in [-0.4, -0.2) is 22.5 Å². The summed E-state index contributed by atoms with van der Waals surface area (Å²) in [5.74, 6) is 1.21. The highest BCUT2D eigenvalue weighted by Gasteiger charge is 2.17. The van der Waals surface area contributed by atoms with Crippen LogP contribution in [0.25, 0.3) is 10.9 Å². The summed E-state index contributed by atoms with van der Waals surface area (Å²) in [7, 11) is 0. The number of aromatic nitrogens is 2. The molecule has 9 heteroatoms. The van der Waals surface area contributed by atoms with Crippen LogP contribution in [0.3, 0.4) is 0 Å². The third kappa shape index (κ3) is 6.10. The van der Waals surface area contributed by atoms with Crippen molar-refractivity contribution in [2.75, 3.05) is 6.61 Å². The number of ether oxygens (including phenoxy) is 2. The van der Waals surface area contributed by atoms with E-state index in [-0.39, 0.29) is 23.9 Å². The molecule has 0 amide bonds. The molecule has 4 aromatic rings. The molecule has 0 saturated heterocycles. The first-order valence-corrected chi connectivity index (χ1v) is 13.5. The van der Waals surface area contributed by atoms with Gasteiger partial charge in [0.15, 0.2) is 11.5 Å². The van der Waals surface area contributed by atoms with Crippen LogP contribution < -0.4 is 15.0 Å². The van der Waals surface area contributed by atoms with Gasteiger partial charge in [-0.1, -0.05) is 48.0 Å². The standard InChI is InChI=1S/C28H26Br2FN3O3/c1-4-17(3)27-33-24-11-10-20(29)14-21(24)28(35)34(27)32-15-18-12-22(30)26(25(13-18)36-5-2)37-16-19-8-6-7-9-23(19)31/h6-15,17H,4-5,16H2,1-3H3/t17-/m1/s1. The molecule has 3 aromatic carbocycles. The van der Waals surface area contributed by atoms with E-state index in [1.807, 2.05) is 39.0 Å². The second-order valence-corrected chi connectivity index (χ2v) is 10.2. The molecule has 0 aliphatic carbocycles. The lowest BCUT2D eigenvalue weighted by atomic mass is 10.1. The van der Waals surface area contributed by atoms with Crippen LogP contribution in [0, 0.1) is 5.82 Å². The monoisotopic (exact) mass is 629 g/mol. The van der Waals surface area contributed by atoms with Gasteiger partial charge in [0, 0.05) is 16.0 Å². The molecule has 0 N–H and O–H groups in total. The highest BCUT2D eigenvalue weighted by Crippen LogP contribution is 2.37. The number of rotatable bonds is 9. The Bertz CT molecular complexity index is 1520. The summed E-state index contributed by atoms with van der Waals surface area (Å²) in [5, 5.41) is 5.01. The van der Waals surface area contributed by atoms with Gasteiger partial charge in [0.2, 0.25) is 0 Å². The Balaban J connectivity index is 1.72. The molecule has 0 radical (unpaired) electrons. The number of halogens is 3. The fourth-order valence-corrected chi connectivity index (χ4v) is 4.67. The molecule has 0 saturated carbocycles. The molecule has 1 heterocycles. The van der Waals surface area contributed by atoms with Gasteiger partial charge in [-0.2, -0.15) is 9.78 Å². The average Bonchev–Trinajstić information content (AvgIpc) is 2.88. The summed E-state index contributed by atoms with van der Waals surface area (Å²) in [6.45, 7) is 6.38. The lowest BCUT2D eigenvalue weighted by molar-refractivity contribution is 0.264. The molecule has 0 aliphatic heterocycles. The van der Waals surface area contributed by atoms with E-state index in [9.17, 15) is 9.18 Å². The van der Waals surface area contributed by atoms with E-state index in [1.165, 1.54) is 10.7 Å². The van der Waals surface area contributed by atoms with Crippen LogP contribution in [-0.2, 0) is 6.61 Å². The molecule has 4 rings (SSSR count). The number of hydrogen-bond donors (Lipinski definition) is 0. The SMILES string of the molecule is CCOc1cc(C=Nn2c([C@H](C)CC)nc3ccc(Br)cc3c2=O)cc(Br)c1OCc1ccccc1F. The molecule has 0 fully saturated rings. The van der Waals surface area contributed by atoms with Crippen molar-refractivity contribution >= 4 is 49.0 Å². The fourth-order valence-electron chi connectivity index (χ4n) is 3.73. The zero-order valence-electron chi connectivity index (χ0n) is 20.7. The lowest BCUT2D eigenvalue weighted by Crippen LogP contribution is -2.23. The normalized spacial score (nSPS) is 12.3. The zero-order valence-corrected chi connectivity index (χ0v) is 23.8. The van der Waals surface area contributed by atoms with Gasteiger partial charge in [0.1, 0.15) is 18.2 Å². The summed E-state index contributed by atoms with van der Waals surface area (Å²) < 4.78 is 28.6. The predicted molar refractivity (Wildman–Crippen MR) is 151 cm³/mol. The van der Waals surface area contributed by atoms with E-state index in [0.29, 0.717) is 50.4 Å². The van der Waals surface area contributed by atoms with Gasteiger partial charge < -0.3 is 9.47 Å². The summed E-state index contributed by atoms with van der Waals surface area (Å²) >= 11 is 6.97. The molecular weight excluding hydrogens is 605 g/mol. The molecule has 0 spiro atoms. The highest BCUT2D eigenvalue weighted by atomic mass is 79.9. The molecule has 1 aromatic heterocycles. The summed E-state index contributed by atoms with van der Waals surface area (Å²) in [6.07, 6.45) is 2.39. The Labute approximate surface area is 231 Å². The van der Waals surface area contributed by atoms with Gasteiger partial charge in [0.25, 0.3) is 5.56 Å². The van der Waals surface area contributed by atoms with Crippen molar-refractivity contribution in [3.63, 3.8) is 0 Å². The number of hydrogen-bond acceptors (Lipinski definition) is 5. The minimum atomic E-state index is -0.334. The van der Waals surface area contributed by atoms with Crippen molar-refractivity contribution in [2.24, 2.45) is 5.10 Å². The van der Waals surface area contributed by atoms with Crippen molar-refractivity contribution in [3.8, 4) is 11.5 Å². The Morgan fingerprint density at radius 3 is 2.62 bits per heavy atom. The minimum Gasteiger partial charge on any atom is -0.490 e. The Morgan fingerprint density at radius 1 is 1.11 bits per heavy atom. The van der Waals surface area contributed by atoms with Crippen molar-refractivity contribution in [2.45, 2.75) is 39.7 Å². The molecular formula is C28H26Br2FN3O3. The van der Waals surface area contributed by atoms with Crippen LogP contribution in [0.15, 0.2) is 73.4 Å². The van der Waals surface area contributed by atoms with Crippen LogP contribution in [0.1, 0.15) is 50.1 Å². The first-order valence-electron chi connectivity index (χ1n) is 11.9. The van der Waals surface area contributed by atoms with Gasteiger partial charge >= 0.3 is 0 Å². The maximum atomic E-state index is 14.1. The summed E-state index contributed by atoms with van der Waals surface area (Å²) in [6, 6.07) is 15.5. The Hall–Kier alpha value is -3.04. The maximum absolute atomic E-state index is 14.1. The van der Waals surface area contributed by atoms with Gasteiger partial charge in [-0.15, -0.1) is 0 Å². The number of fused-ring (bicyclic) bond motifs is 1. The first kappa shape index (κ1) is 27.0. The van der Waals surface area contributed by atoms with Crippen molar-refractivity contribution in [1.29, 1.82) is 0 Å². The minimum absolute atomic E-state index is 0.0257. The average molecular weight is 631 g/mol. The van der Waals surface area contributed by atoms with E-state index in [0.717, 1.165) is 10.9 Å². The predicted octanol–water partition coefficient (Wildman–Crippen LogP) is 7.43. The summed E-state index contributed by atoms with van der Waals surface area (Å²) in [5.41, 5.74) is 1.51. The third-order valence-corrected chi connectivity index (χ3v) is 6.95. The largest absolute Gasteiger partial charge is 0.490 e. The van der Waals surface area contributed by atoms with Crippen molar-refractivity contribution in [1.82, 2.24) is 9.66 Å². The van der Waals surface area contributed by atoms with E-state index in [2.05, 4.69) is 37.0 Å². The second kappa shape index (κ2) is 12.0. The fraction of sp³-hybridized carbons (Fsp3) is 0.250. The molecule has 0 bridgehead atoms. The van der Waals surface area contributed by atoms with Gasteiger partial charge in [-0.25, -0.2) is 9.37 Å². The molecule has 0 aliphatic rings. The summed E-state index contributed by atoms with van der Waals surface area (Å²) in [4.78, 5) is 18.1. The Morgan fingerprint density at radius 2 is 1.89 bits per heavy atom. The van der Waals surface area contributed by atoms with E-state index < -0.39 is 0 Å². The number of benzene rings is 3. The van der Waals surface area contributed by atoms with Crippen LogP contribution >= 0.6 is 31.9 Å². The van der Waals surface area contributed by atoms with Crippen LogP contribution in [0.5, 0.6) is 11.5 Å². The third-order valence-electron chi connectivity index (χ3n) is 5.87. The van der Waals surface area contributed by atoms with Crippen LogP contribution in [0.2, 0.25) is 0 Å². The second-order valence-electron chi connectivity index (χ2n) is 8.45. The lowest BCUT2D eigenvalue weighted by Gasteiger charge is -2.15. The van der Waals surface area contributed by atoms with E-state index >= 15 is 0 Å². The topological polar surface area (TPSA) is 65.7 Å². The van der Waals surface area contributed by atoms with Crippen LogP contribution in [0.4, 0.5) is 4.39 Å². The highest BCUT2D eigenvalue weighted by molar-refractivity contribution is 9.10. The smallest absolute Gasteiger partial charge is 0.282 e. The molecule has 192 valence electrons. The van der Waals surface area contributed by atoms with Gasteiger partial charge in [-0.3, -0.25) is 4.79 Å². The number of nitrogens with zero attached hydrogens (tertiary/aromatic N) is 3. The molecule has 37 heavy (non-hydrogen) atoms.